The fraction of sp³-hybridized carbons (Fsp3) is 0.231. The van der Waals surface area contributed by atoms with Crippen molar-refractivity contribution in [3.05, 3.63) is 42.0 Å². The lowest BCUT2D eigenvalue weighted by molar-refractivity contribution is 0.819. The van der Waals surface area contributed by atoms with Gasteiger partial charge in [0, 0.05) is 24.1 Å². The van der Waals surface area contributed by atoms with E-state index in [1.54, 1.807) is 6.33 Å². The topological polar surface area (TPSA) is 70.0 Å². The Balaban J connectivity index is 1.83. The zero-order valence-corrected chi connectivity index (χ0v) is 11.2. The number of imidazole rings is 1. The van der Waals surface area contributed by atoms with E-state index in [0.717, 1.165) is 30.9 Å². The van der Waals surface area contributed by atoms with Crippen molar-refractivity contribution in [1.82, 2.24) is 9.97 Å². The molecule has 0 radical (unpaired) electrons. The quantitative estimate of drug-likeness (QED) is 0.742. The van der Waals surface area contributed by atoms with Crippen molar-refractivity contribution in [1.29, 1.82) is 0 Å². The summed E-state index contributed by atoms with van der Waals surface area (Å²) in [5.74, 6) is 0. The summed E-state index contributed by atoms with van der Waals surface area (Å²) in [6.45, 7) is 1.83. The first-order valence-electron chi connectivity index (χ1n) is 6.14. The number of aromatic amines is 1. The molecule has 0 spiro atoms. The van der Waals surface area contributed by atoms with Crippen LogP contribution in [-0.4, -0.2) is 21.6 Å². The van der Waals surface area contributed by atoms with E-state index in [1.807, 2.05) is 12.3 Å². The lowest BCUT2D eigenvalue weighted by atomic mass is 10.1. The van der Waals surface area contributed by atoms with Crippen LogP contribution in [0.1, 0.15) is 11.3 Å². The molecule has 1 aliphatic heterocycles. The van der Waals surface area contributed by atoms with Crippen molar-refractivity contribution in [2.75, 3.05) is 16.8 Å². The summed E-state index contributed by atoms with van der Waals surface area (Å²) in [5, 5.41) is 3.26. The van der Waals surface area contributed by atoms with Crippen LogP contribution in [0, 0.1) is 0 Å². The number of nitrogens with two attached hydrogens (primary N) is 1. The highest BCUT2D eigenvalue weighted by molar-refractivity contribution is 7.80. The zero-order chi connectivity index (χ0) is 13.2. The number of nitrogens with one attached hydrogen (secondary N) is 2. The molecule has 1 aromatic heterocycles. The normalized spacial score (nSPS) is 13.4. The Hall–Kier alpha value is -2.08. The van der Waals surface area contributed by atoms with Crippen molar-refractivity contribution in [2.24, 2.45) is 5.73 Å². The van der Waals surface area contributed by atoms with Gasteiger partial charge in [0.15, 0.2) is 5.11 Å². The maximum Gasteiger partial charge on any atom is 0.168 e. The Morgan fingerprint density at radius 2 is 2.42 bits per heavy atom. The first kappa shape index (κ1) is 12.0. The summed E-state index contributed by atoms with van der Waals surface area (Å²) in [6, 6.07) is 6.23. The molecule has 0 atom stereocenters. The summed E-state index contributed by atoms with van der Waals surface area (Å²) in [6.07, 6.45) is 4.69. The number of hydrogen-bond acceptors (Lipinski definition) is 3. The fourth-order valence-corrected chi connectivity index (χ4v) is 2.52. The average Bonchev–Trinajstić information content (AvgIpc) is 3.00. The van der Waals surface area contributed by atoms with Crippen molar-refractivity contribution in [3.63, 3.8) is 0 Å². The zero-order valence-electron chi connectivity index (χ0n) is 10.4. The Kier molecular flexibility index (Phi) is 3.08. The van der Waals surface area contributed by atoms with E-state index >= 15 is 0 Å². The number of rotatable bonds is 3. The van der Waals surface area contributed by atoms with Crippen LogP contribution in [0.25, 0.3) is 0 Å². The van der Waals surface area contributed by atoms with Gasteiger partial charge in [0.2, 0.25) is 0 Å². The minimum atomic E-state index is 0.289. The molecular weight excluding hydrogens is 258 g/mol. The maximum atomic E-state index is 5.51. The molecule has 0 bridgehead atoms. The van der Waals surface area contributed by atoms with E-state index in [4.69, 9.17) is 18.0 Å². The van der Waals surface area contributed by atoms with Gasteiger partial charge in [-0.1, -0.05) is 6.07 Å². The van der Waals surface area contributed by atoms with E-state index in [1.165, 1.54) is 11.3 Å². The Bertz CT molecular complexity index is 593. The summed E-state index contributed by atoms with van der Waals surface area (Å²) in [4.78, 5) is 9.57. The van der Waals surface area contributed by atoms with Crippen LogP contribution in [0.5, 0.6) is 0 Å². The molecule has 1 aliphatic rings. The van der Waals surface area contributed by atoms with Crippen LogP contribution in [0.4, 0.5) is 11.4 Å². The number of thiocarbonyl (C=S) groups is 1. The molecule has 2 aromatic rings. The van der Waals surface area contributed by atoms with Crippen LogP contribution >= 0.6 is 12.2 Å². The molecule has 0 saturated heterocycles. The minimum absolute atomic E-state index is 0.289. The standard InChI is InChI=1S/C13H15N5S/c14-13(19)17-10-2-1-9-3-4-18(12(9)5-10)7-11-6-15-8-16-11/h1-2,5-6,8H,3-4,7H2,(H,15,16)(H3,14,17,19). The van der Waals surface area contributed by atoms with E-state index in [0.29, 0.717) is 0 Å². The van der Waals surface area contributed by atoms with Crippen molar-refractivity contribution < 1.29 is 0 Å². The molecule has 0 aliphatic carbocycles. The molecule has 0 saturated carbocycles. The molecule has 2 heterocycles. The Labute approximate surface area is 116 Å². The van der Waals surface area contributed by atoms with Gasteiger partial charge in [-0.3, -0.25) is 0 Å². The van der Waals surface area contributed by atoms with Crippen LogP contribution in [0.2, 0.25) is 0 Å². The third kappa shape index (κ3) is 2.53. The van der Waals surface area contributed by atoms with Crippen LogP contribution in [0.3, 0.4) is 0 Å². The van der Waals surface area contributed by atoms with Gasteiger partial charge in [0.25, 0.3) is 0 Å². The number of nitrogens with zero attached hydrogens (tertiary/aromatic N) is 2. The molecule has 3 rings (SSSR count). The van der Waals surface area contributed by atoms with Gasteiger partial charge in [0.05, 0.1) is 18.6 Å². The number of hydrogen-bond donors (Lipinski definition) is 3. The second-order valence-corrected chi connectivity index (χ2v) is 5.00. The first-order chi connectivity index (χ1) is 9.22. The van der Waals surface area contributed by atoms with Gasteiger partial charge in [-0.05, 0) is 36.3 Å². The molecule has 0 amide bonds. The molecule has 5 nitrogen and oxygen atoms in total. The monoisotopic (exact) mass is 273 g/mol. The largest absolute Gasteiger partial charge is 0.376 e. The third-order valence-electron chi connectivity index (χ3n) is 3.25. The molecule has 6 heteroatoms. The average molecular weight is 273 g/mol. The maximum absolute atomic E-state index is 5.51. The molecule has 19 heavy (non-hydrogen) atoms. The van der Waals surface area contributed by atoms with E-state index < -0.39 is 0 Å². The minimum Gasteiger partial charge on any atom is -0.376 e. The smallest absolute Gasteiger partial charge is 0.168 e. The van der Waals surface area contributed by atoms with Gasteiger partial charge in [-0.15, -0.1) is 0 Å². The van der Waals surface area contributed by atoms with Gasteiger partial charge in [-0.25, -0.2) is 4.98 Å². The highest BCUT2D eigenvalue weighted by Gasteiger charge is 2.20. The van der Waals surface area contributed by atoms with Crippen molar-refractivity contribution in [2.45, 2.75) is 13.0 Å². The first-order valence-corrected chi connectivity index (χ1v) is 6.55. The molecule has 1 aromatic carbocycles. The van der Waals surface area contributed by atoms with Crippen molar-refractivity contribution in [3.8, 4) is 0 Å². The van der Waals surface area contributed by atoms with Gasteiger partial charge >= 0.3 is 0 Å². The molecular formula is C13H15N5S. The predicted octanol–water partition coefficient (Wildman–Crippen LogP) is 1.63. The molecule has 98 valence electrons. The number of fused-ring (bicyclic) bond motifs is 1. The summed E-state index contributed by atoms with van der Waals surface area (Å²) in [7, 11) is 0. The number of anilines is 2. The molecule has 0 unspecified atom stereocenters. The molecule has 4 N–H and O–H groups in total. The summed E-state index contributed by atoms with van der Waals surface area (Å²) >= 11 is 4.87. The van der Waals surface area contributed by atoms with Gasteiger partial charge in [-0.2, -0.15) is 0 Å². The highest BCUT2D eigenvalue weighted by atomic mass is 32.1. The van der Waals surface area contributed by atoms with Gasteiger partial charge in [0.1, 0.15) is 0 Å². The van der Waals surface area contributed by atoms with E-state index in [9.17, 15) is 0 Å². The number of H-pyrrole nitrogens is 1. The number of aromatic nitrogens is 2. The highest BCUT2D eigenvalue weighted by Crippen LogP contribution is 2.31. The van der Waals surface area contributed by atoms with Crippen LogP contribution in [0.15, 0.2) is 30.7 Å². The molecule has 0 fully saturated rings. The van der Waals surface area contributed by atoms with Gasteiger partial charge < -0.3 is 20.9 Å². The Morgan fingerprint density at radius 1 is 1.53 bits per heavy atom. The lowest BCUT2D eigenvalue weighted by Crippen LogP contribution is -2.21. The number of benzene rings is 1. The van der Waals surface area contributed by atoms with Crippen LogP contribution < -0.4 is 16.0 Å². The predicted molar refractivity (Wildman–Crippen MR) is 80.2 cm³/mol. The van der Waals surface area contributed by atoms with E-state index in [2.05, 4.69) is 32.3 Å². The lowest BCUT2D eigenvalue weighted by Gasteiger charge is -2.19. The SMILES string of the molecule is NC(=S)Nc1ccc2c(c1)N(Cc1c[nH]cn1)CC2. The van der Waals surface area contributed by atoms with Crippen molar-refractivity contribution >= 4 is 28.7 Å². The fourth-order valence-electron chi connectivity index (χ4n) is 2.40. The van der Waals surface area contributed by atoms with Crippen LogP contribution in [-0.2, 0) is 13.0 Å². The summed E-state index contributed by atoms with van der Waals surface area (Å²) in [5.41, 5.74) is 10.1. The Morgan fingerprint density at radius 3 is 3.16 bits per heavy atom. The van der Waals surface area contributed by atoms with E-state index in [-0.39, 0.29) is 5.11 Å². The summed E-state index contributed by atoms with van der Waals surface area (Å²) < 4.78 is 0. The second kappa shape index (κ2) is 4.89. The second-order valence-electron chi connectivity index (χ2n) is 4.56. The third-order valence-corrected chi connectivity index (χ3v) is 3.35.